The average molecular weight is 293 g/mol. The summed E-state index contributed by atoms with van der Waals surface area (Å²) in [5.74, 6) is -0.591. The minimum Gasteiger partial charge on any atom is -0.397 e. The second kappa shape index (κ2) is 5.47. The molecule has 0 amide bonds. The van der Waals surface area contributed by atoms with Gasteiger partial charge < -0.3 is 21.7 Å². The minimum absolute atomic E-state index is 0.0556. The molecule has 6 heteroatoms. The molecule has 0 saturated heterocycles. The third kappa shape index (κ3) is 2.84. The first-order chi connectivity index (χ1) is 7.47. The molecule has 0 aliphatic carbocycles. The molecule has 2 atom stereocenters. The van der Waals surface area contributed by atoms with Crippen molar-refractivity contribution in [2.75, 3.05) is 16.8 Å². The number of aliphatic hydroxyl groups excluding tert-OH is 2. The predicted molar refractivity (Wildman–Crippen MR) is 64.6 cm³/mol. The van der Waals surface area contributed by atoms with E-state index in [2.05, 4.69) is 15.9 Å². The summed E-state index contributed by atoms with van der Waals surface area (Å²) in [6, 6.07) is 2.15. The molecule has 2 unspecified atom stereocenters. The van der Waals surface area contributed by atoms with Crippen molar-refractivity contribution in [2.24, 2.45) is 0 Å². The van der Waals surface area contributed by atoms with Crippen molar-refractivity contribution in [3.05, 3.63) is 23.5 Å². The molecule has 0 aromatic heterocycles. The molecule has 4 nitrogen and oxygen atoms in total. The summed E-state index contributed by atoms with van der Waals surface area (Å²) in [5, 5.41) is 19.9. The van der Waals surface area contributed by atoms with Gasteiger partial charge in [-0.3, -0.25) is 0 Å². The summed E-state index contributed by atoms with van der Waals surface area (Å²) in [4.78, 5) is 0. The van der Waals surface area contributed by atoms with Crippen LogP contribution in [0.15, 0.2) is 12.1 Å². The van der Waals surface area contributed by atoms with Crippen molar-refractivity contribution in [1.29, 1.82) is 0 Å². The Morgan fingerprint density at radius 2 is 1.94 bits per heavy atom. The van der Waals surface area contributed by atoms with Crippen LogP contribution in [0.3, 0.4) is 0 Å². The standard InChI is InChI=1S/C10H14BrFN2O2/c11-2-1-8(15)10(16)6-3-5(12)4-7(13)9(6)14/h3-4,8,10,15-16H,1-2,13-14H2. The Labute approximate surface area is 101 Å². The van der Waals surface area contributed by atoms with Gasteiger partial charge in [-0.1, -0.05) is 15.9 Å². The highest BCUT2D eigenvalue weighted by Crippen LogP contribution is 2.30. The van der Waals surface area contributed by atoms with Gasteiger partial charge in [-0.25, -0.2) is 4.39 Å². The lowest BCUT2D eigenvalue weighted by atomic mass is 10.00. The number of aliphatic hydroxyl groups is 2. The van der Waals surface area contributed by atoms with Crippen LogP contribution < -0.4 is 11.5 Å². The fraction of sp³-hybridized carbons (Fsp3) is 0.400. The molecule has 0 saturated carbocycles. The summed E-state index contributed by atoms with van der Waals surface area (Å²) in [6.07, 6.45) is -1.92. The molecule has 0 aliphatic rings. The monoisotopic (exact) mass is 292 g/mol. The fourth-order valence-corrected chi connectivity index (χ4v) is 1.85. The van der Waals surface area contributed by atoms with E-state index < -0.39 is 18.0 Å². The molecular weight excluding hydrogens is 279 g/mol. The van der Waals surface area contributed by atoms with E-state index in [4.69, 9.17) is 11.5 Å². The lowest BCUT2D eigenvalue weighted by Crippen LogP contribution is -2.20. The van der Waals surface area contributed by atoms with E-state index in [9.17, 15) is 14.6 Å². The minimum atomic E-state index is -1.24. The van der Waals surface area contributed by atoms with E-state index in [1.165, 1.54) is 0 Å². The van der Waals surface area contributed by atoms with E-state index in [-0.39, 0.29) is 16.9 Å². The van der Waals surface area contributed by atoms with Crippen molar-refractivity contribution < 1.29 is 14.6 Å². The maximum absolute atomic E-state index is 13.1. The number of alkyl halides is 1. The summed E-state index contributed by atoms with van der Waals surface area (Å²) in [5.41, 5.74) is 11.4. The van der Waals surface area contributed by atoms with E-state index in [1.807, 2.05) is 0 Å². The van der Waals surface area contributed by atoms with Gasteiger partial charge in [0.15, 0.2) is 0 Å². The second-order valence-electron chi connectivity index (χ2n) is 3.49. The molecule has 6 N–H and O–H groups in total. The van der Waals surface area contributed by atoms with Crippen molar-refractivity contribution in [1.82, 2.24) is 0 Å². The smallest absolute Gasteiger partial charge is 0.125 e. The molecule has 90 valence electrons. The van der Waals surface area contributed by atoms with Gasteiger partial charge in [-0.05, 0) is 18.6 Å². The molecule has 0 spiro atoms. The lowest BCUT2D eigenvalue weighted by Gasteiger charge is -2.19. The van der Waals surface area contributed by atoms with Gasteiger partial charge in [0.1, 0.15) is 11.9 Å². The van der Waals surface area contributed by atoms with Crippen molar-refractivity contribution >= 4 is 27.3 Å². The van der Waals surface area contributed by atoms with Gasteiger partial charge >= 0.3 is 0 Å². The number of nitrogen functional groups attached to an aromatic ring is 2. The number of halogens is 2. The highest BCUT2D eigenvalue weighted by molar-refractivity contribution is 9.09. The molecule has 16 heavy (non-hydrogen) atoms. The van der Waals surface area contributed by atoms with Crippen LogP contribution >= 0.6 is 15.9 Å². The summed E-state index contributed by atoms with van der Waals surface area (Å²) < 4.78 is 13.1. The summed E-state index contributed by atoms with van der Waals surface area (Å²) in [7, 11) is 0. The third-order valence-corrected chi connectivity index (χ3v) is 2.75. The SMILES string of the molecule is Nc1cc(F)cc(C(O)C(O)CCBr)c1N. The molecule has 0 fully saturated rings. The zero-order valence-corrected chi connectivity index (χ0v) is 10.1. The molecule has 1 rings (SSSR count). The van der Waals surface area contributed by atoms with E-state index in [0.29, 0.717) is 11.8 Å². The molecular formula is C10H14BrFN2O2. The number of benzene rings is 1. The van der Waals surface area contributed by atoms with Crippen LogP contribution in [0.25, 0.3) is 0 Å². The van der Waals surface area contributed by atoms with Crippen molar-refractivity contribution in [2.45, 2.75) is 18.6 Å². The molecule has 1 aromatic carbocycles. The topological polar surface area (TPSA) is 92.5 Å². The van der Waals surface area contributed by atoms with Crippen LogP contribution in [0, 0.1) is 5.82 Å². The maximum Gasteiger partial charge on any atom is 0.125 e. The van der Waals surface area contributed by atoms with Crippen LogP contribution in [-0.2, 0) is 0 Å². The number of nitrogens with two attached hydrogens (primary N) is 2. The van der Waals surface area contributed by atoms with Crippen molar-refractivity contribution in [3.8, 4) is 0 Å². The van der Waals surface area contributed by atoms with Gasteiger partial charge in [0.05, 0.1) is 17.5 Å². The maximum atomic E-state index is 13.1. The Hall–Kier alpha value is -0.850. The quantitative estimate of drug-likeness (QED) is 0.495. The first kappa shape index (κ1) is 13.2. The van der Waals surface area contributed by atoms with Crippen LogP contribution in [0.1, 0.15) is 18.1 Å². The highest BCUT2D eigenvalue weighted by atomic mass is 79.9. The first-order valence-electron chi connectivity index (χ1n) is 4.73. The van der Waals surface area contributed by atoms with Gasteiger partial charge in [0.25, 0.3) is 0 Å². The van der Waals surface area contributed by atoms with Gasteiger partial charge in [-0.2, -0.15) is 0 Å². The second-order valence-corrected chi connectivity index (χ2v) is 4.28. The molecule has 0 aliphatic heterocycles. The number of hydrogen-bond acceptors (Lipinski definition) is 4. The Morgan fingerprint density at radius 1 is 1.31 bits per heavy atom. The third-order valence-electron chi connectivity index (χ3n) is 2.30. The number of anilines is 2. The zero-order valence-electron chi connectivity index (χ0n) is 8.53. The summed E-state index contributed by atoms with van der Waals surface area (Å²) in [6.45, 7) is 0. The normalized spacial score (nSPS) is 14.8. The van der Waals surface area contributed by atoms with Gasteiger partial charge in [0, 0.05) is 10.9 Å². The Balaban J connectivity index is 3.03. The van der Waals surface area contributed by atoms with E-state index in [1.54, 1.807) is 0 Å². The molecule has 0 bridgehead atoms. The Morgan fingerprint density at radius 3 is 2.50 bits per heavy atom. The Bertz CT molecular complexity index is 376. The number of hydrogen-bond donors (Lipinski definition) is 4. The first-order valence-corrected chi connectivity index (χ1v) is 5.86. The van der Waals surface area contributed by atoms with E-state index >= 15 is 0 Å². The van der Waals surface area contributed by atoms with Crippen LogP contribution in [0.4, 0.5) is 15.8 Å². The van der Waals surface area contributed by atoms with Gasteiger partial charge in [-0.15, -0.1) is 0 Å². The lowest BCUT2D eigenvalue weighted by molar-refractivity contribution is 0.0177. The molecule has 1 aromatic rings. The van der Waals surface area contributed by atoms with E-state index in [0.717, 1.165) is 12.1 Å². The molecule has 0 heterocycles. The highest BCUT2D eigenvalue weighted by Gasteiger charge is 2.21. The van der Waals surface area contributed by atoms with Crippen LogP contribution in [0.2, 0.25) is 0 Å². The zero-order chi connectivity index (χ0) is 12.3. The number of rotatable bonds is 4. The van der Waals surface area contributed by atoms with Crippen molar-refractivity contribution in [3.63, 3.8) is 0 Å². The summed E-state index contributed by atoms with van der Waals surface area (Å²) >= 11 is 3.14. The van der Waals surface area contributed by atoms with Crippen LogP contribution in [0.5, 0.6) is 0 Å². The predicted octanol–water partition coefficient (Wildman–Crippen LogP) is 1.17. The van der Waals surface area contributed by atoms with Gasteiger partial charge in [0.2, 0.25) is 0 Å². The average Bonchev–Trinajstić information content (AvgIpc) is 2.22. The fourth-order valence-electron chi connectivity index (χ4n) is 1.38. The largest absolute Gasteiger partial charge is 0.397 e. The van der Waals surface area contributed by atoms with Crippen LogP contribution in [-0.4, -0.2) is 21.6 Å². The Kier molecular flexibility index (Phi) is 4.52. The molecule has 0 radical (unpaired) electrons.